The monoisotopic (exact) mass is 360 g/mol. The van der Waals surface area contributed by atoms with Crippen molar-refractivity contribution in [2.24, 2.45) is 0 Å². The summed E-state index contributed by atoms with van der Waals surface area (Å²) >= 11 is 0. The minimum absolute atomic E-state index is 0.113. The van der Waals surface area contributed by atoms with Crippen LogP contribution in [0.5, 0.6) is 0 Å². The van der Waals surface area contributed by atoms with Gasteiger partial charge in [0.15, 0.2) is 0 Å². The smallest absolute Gasteiger partial charge is 0.262 e. The number of benzene rings is 2. The van der Waals surface area contributed by atoms with E-state index < -0.39 is 10.0 Å². The predicted octanol–water partition coefficient (Wildman–Crippen LogP) is 3.59. The zero-order chi connectivity index (χ0) is 18.6. The van der Waals surface area contributed by atoms with E-state index in [0.717, 1.165) is 5.56 Å². The Balaban J connectivity index is 2.33. The lowest BCUT2D eigenvalue weighted by Crippen LogP contribution is -2.30. The molecule has 0 aliphatic carbocycles. The van der Waals surface area contributed by atoms with Gasteiger partial charge in [-0.05, 0) is 63.1 Å². The van der Waals surface area contributed by atoms with Gasteiger partial charge in [-0.1, -0.05) is 18.2 Å². The van der Waals surface area contributed by atoms with Gasteiger partial charge in [0.05, 0.1) is 4.90 Å². The Morgan fingerprint density at radius 3 is 2.36 bits per heavy atom. The van der Waals surface area contributed by atoms with Gasteiger partial charge in [0.25, 0.3) is 15.9 Å². The van der Waals surface area contributed by atoms with Gasteiger partial charge < -0.3 is 4.90 Å². The fourth-order valence-corrected chi connectivity index (χ4v) is 4.00. The van der Waals surface area contributed by atoms with E-state index in [2.05, 4.69) is 4.72 Å². The van der Waals surface area contributed by atoms with E-state index in [4.69, 9.17) is 0 Å². The van der Waals surface area contributed by atoms with Gasteiger partial charge in [-0.25, -0.2) is 8.42 Å². The van der Waals surface area contributed by atoms with Crippen molar-refractivity contribution in [1.29, 1.82) is 0 Å². The second-order valence-corrected chi connectivity index (χ2v) is 7.58. The minimum Gasteiger partial charge on any atom is -0.339 e. The van der Waals surface area contributed by atoms with Crippen molar-refractivity contribution in [2.75, 3.05) is 17.8 Å². The molecule has 134 valence electrons. The van der Waals surface area contributed by atoms with Crippen LogP contribution in [0.1, 0.15) is 35.3 Å². The molecule has 0 aromatic heterocycles. The number of sulfonamides is 1. The number of anilines is 1. The number of hydrogen-bond acceptors (Lipinski definition) is 3. The summed E-state index contributed by atoms with van der Waals surface area (Å²) in [5.74, 6) is -0.113. The van der Waals surface area contributed by atoms with Gasteiger partial charge in [0, 0.05) is 24.3 Å². The lowest BCUT2D eigenvalue weighted by molar-refractivity contribution is 0.0773. The number of hydrogen-bond donors (Lipinski definition) is 1. The summed E-state index contributed by atoms with van der Waals surface area (Å²) in [6.45, 7) is 8.64. The minimum atomic E-state index is -3.72. The lowest BCUT2D eigenvalue weighted by Gasteiger charge is -2.19. The van der Waals surface area contributed by atoms with E-state index in [1.807, 2.05) is 26.8 Å². The maximum Gasteiger partial charge on any atom is 0.262 e. The van der Waals surface area contributed by atoms with Crippen molar-refractivity contribution in [3.8, 4) is 0 Å². The summed E-state index contributed by atoms with van der Waals surface area (Å²) < 4.78 is 28.0. The highest BCUT2D eigenvalue weighted by atomic mass is 32.2. The van der Waals surface area contributed by atoms with Crippen LogP contribution in [0.25, 0.3) is 0 Å². The molecule has 2 rings (SSSR count). The molecule has 2 aromatic carbocycles. The average Bonchev–Trinajstić information content (AvgIpc) is 2.57. The summed E-state index contributed by atoms with van der Waals surface area (Å²) in [6.07, 6.45) is 0. The van der Waals surface area contributed by atoms with Gasteiger partial charge in [-0.15, -0.1) is 0 Å². The van der Waals surface area contributed by atoms with Crippen LogP contribution in [0.15, 0.2) is 47.4 Å². The summed E-state index contributed by atoms with van der Waals surface area (Å²) in [5, 5.41) is 0. The molecule has 0 saturated carbocycles. The fourth-order valence-electron chi connectivity index (χ4n) is 2.62. The molecule has 25 heavy (non-hydrogen) atoms. The van der Waals surface area contributed by atoms with Crippen molar-refractivity contribution in [3.63, 3.8) is 0 Å². The van der Waals surface area contributed by atoms with E-state index in [0.29, 0.717) is 29.9 Å². The van der Waals surface area contributed by atoms with Crippen LogP contribution >= 0.6 is 0 Å². The molecule has 0 aliphatic rings. The number of nitrogens with zero attached hydrogens (tertiary/aromatic N) is 1. The van der Waals surface area contributed by atoms with Crippen molar-refractivity contribution < 1.29 is 13.2 Å². The van der Waals surface area contributed by atoms with Crippen LogP contribution in [0, 0.1) is 13.8 Å². The maximum atomic E-state index is 12.7. The largest absolute Gasteiger partial charge is 0.339 e. The highest BCUT2D eigenvalue weighted by Gasteiger charge is 2.18. The quantitative estimate of drug-likeness (QED) is 0.856. The van der Waals surface area contributed by atoms with Crippen molar-refractivity contribution in [3.05, 3.63) is 59.2 Å². The van der Waals surface area contributed by atoms with E-state index in [1.54, 1.807) is 48.2 Å². The highest BCUT2D eigenvalue weighted by Crippen LogP contribution is 2.21. The first-order chi connectivity index (χ1) is 11.8. The second kappa shape index (κ2) is 7.70. The van der Waals surface area contributed by atoms with Crippen LogP contribution in [0.3, 0.4) is 0 Å². The number of nitrogens with one attached hydrogen (secondary N) is 1. The number of amides is 1. The Bertz CT molecular complexity index is 872. The SMILES string of the molecule is CCN(CC)C(=O)c1cccc(NS(=O)(=O)c2cc(C)ccc2C)c1. The van der Waals surface area contributed by atoms with E-state index in [-0.39, 0.29) is 10.8 Å². The first kappa shape index (κ1) is 19.0. The van der Waals surface area contributed by atoms with Gasteiger partial charge in [0.2, 0.25) is 0 Å². The third-order valence-corrected chi connectivity index (χ3v) is 5.57. The molecule has 1 N–H and O–H groups in total. The lowest BCUT2D eigenvalue weighted by atomic mass is 10.2. The first-order valence-corrected chi connectivity index (χ1v) is 9.76. The predicted molar refractivity (Wildman–Crippen MR) is 100 cm³/mol. The normalized spacial score (nSPS) is 11.2. The number of carbonyl (C=O) groups is 1. The molecule has 0 bridgehead atoms. The van der Waals surface area contributed by atoms with Gasteiger partial charge >= 0.3 is 0 Å². The van der Waals surface area contributed by atoms with E-state index >= 15 is 0 Å². The van der Waals surface area contributed by atoms with Crippen LogP contribution in [0.4, 0.5) is 5.69 Å². The molecule has 0 saturated heterocycles. The van der Waals surface area contributed by atoms with Gasteiger partial charge in [-0.3, -0.25) is 9.52 Å². The zero-order valence-electron chi connectivity index (χ0n) is 15.0. The molecule has 0 spiro atoms. The molecular formula is C19H24N2O3S. The Kier molecular flexibility index (Phi) is 5.85. The standard InChI is InChI=1S/C19H24N2O3S/c1-5-21(6-2)19(22)16-8-7-9-17(13-16)20-25(23,24)18-12-14(3)10-11-15(18)4/h7-13,20H,5-6H2,1-4H3. The molecule has 0 aliphatic heterocycles. The third-order valence-electron chi connectivity index (χ3n) is 4.05. The molecule has 0 radical (unpaired) electrons. The second-order valence-electron chi connectivity index (χ2n) is 5.93. The summed E-state index contributed by atoms with van der Waals surface area (Å²) in [6, 6.07) is 11.9. The molecule has 5 nitrogen and oxygen atoms in total. The van der Waals surface area contributed by atoms with Crippen molar-refractivity contribution in [2.45, 2.75) is 32.6 Å². The van der Waals surface area contributed by atoms with Gasteiger partial charge in [0.1, 0.15) is 0 Å². The Labute approximate surface area is 149 Å². The van der Waals surface area contributed by atoms with E-state index in [1.165, 1.54) is 0 Å². The van der Waals surface area contributed by atoms with Crippen molar-refractivity contribution in [1.82, 2.24) is 4.90 Å². The summed E-state index contributed by atoms with van der Waals surface area (Å²) in [4.78, 5) is 14.4. The molecule has 0 unspecified atom stereocenters. The average molecular weight is 360 g/mol. The van der Waals surface area contributed by atoms with Crippen molar-refractivity contribution >= 4 is 21.6 Å². The molecule has 6 heteroatoms. The molecule has 2 aromatic rings. The zero-order valence-corrected chi connectivity index (χ0v) is 15.9. The highest BCUT2D eigenvalue weighted by molar-refractivity contribution is 7.92. The van der Waals surface area contributed by atoms with Crippen LogP contribution < -0.4 is 4.72 Å². The Morgan fingerprint density at radius 1 is 1.04 bits per heavy atom. The van der Waals surface area contributed by atoms with Crippen LogP contribution in [-0.2, 0) is 10.0 Å². The first-order valence-electron chi connectivity index (χ1n) is 8.28. The Morgan fingerprint density at radius 2 is 1.72 bits per heavy atom. The molecular weight excluding hydrogens is 336 g/mol. The maximum absolute atomic E-state index is 12.7. The topological polar surface area (TPSA) is 66.5 Å². The summed E-state index contributed by atoms with van der Waals surface area (Å²) in [7, 11) is -3.72. The summed E-state index contributed by atoms with van der Waals surface area (Å²) in [5.41, 5.74) is 2.38. The molecule has 0 heterocycles. The number of rotatable bonds is 6. The van der Waals surface area contributed by atoms with Crippen LogP contribution in [0.2, 0.25) is 0 Å². The fraction of sp³-hybridized carbons (Fsp3) is 0.316. The molecule has 0 fully saturated rings. The molecule has 1 amide bonds. The van der Waals surface area contributed by atoms with Gasteiger partial charge in [-0.2, -0.15) is 0 Å². The third kappa shape index (κ3) is 4.39. The Hall–Kier alpha value is -2.34. The number of aryl methyl sites for hydroxylation is 2. The number of carbonyl (C=O) groups excluding carboxylic acids is 1. The van der Waals surface area contributed by atoms with E-state index in [9.17, 15) is 13.2 Å². The van der Waals surface area contributed by atoms with Crippen LogP contribution in [-0.4, -0.2) is 32.3 Å². The molecule has 0 atom stereocenters.